The van der Waals surface area contributed by atoms with Gasteiger partial charge in [-0.15, -0.1) is 0 Å². The van der Waals surface area contributed by atoms with Crippen LogP contribution >= 0.6 is 0 Å². The van der Waals surface area contributed by atoms with E-state index >= 15 is 0 Å². The maximum atomic E-state index is 14.2. The van der Waals surface area contributed by atoms with E-state index in [1.165, 1.54) is 0 Å². The number of unbranched alkanes of at least 4 members (excludes halogenated alkanes) is 1. The number of ether oxygens (including phenoxy) is 1. The van der Waals surface area contributed by atoms with E-state index in [1.54, 1.807) is 13.0 Å². The normalized spacial score (nSPS) is 35.9. The number of rotatable bonds is 9. The summed E-state index contributed by atoms with van der Waals surface area (Å²) in [5.41, 5.74) is 12.7. The van der Waals surface area contributed by atoms with Gasteiger partial charge in [-0.25, -0.2) is 0 Å². The molecule has 65 heavy (non-hydrogen) atoms. The molecule has 0 saturated carbocycles. The van der Waals surface area contributed by atoms with Crippen LogP contribution in [0, 0.1) is 23.7 Å². The van der Waals surface area contributed by atoms with Gasteiger partial charge in [-0.1, -0.05) is 64.7 Å². The molecule has 0 aromatic heterocycles. The van der Waals surface area contributed by atoms with Crippen molar-refractivity contribution in [3.8, 4) is 0 Å². The average Bonchev–Trinajstić information content (AvgIpc) is 3.22. The van der Waals surface area contributed by atoms with Gasteiger partial charge >= 0.3 is 5.97 Å². The maximum Gasteiger partial charge on any atom is 0.311 e. The van der Waals surface area contributed by atoms with E-state index in [0.29, 0.717) is 108 Å². The Hall–Kier alpha value is -2.18. The first-order valence-electron chi connectivity index (χ1n) is 25.0. The minimum Gasteiger partial charge on any atom is -0.461 e. The van der Waals surface area contributed by atoms with Crippen molar-refractivity contribution in [2.24, 2.45) is 40.1 Å². The van der Waals surface area contributed by atoms with Crippen molar-refractivity contribution in [1.29, 1.82) is 0 Å². The summed E-state index contributed by atoms with van der Waals surface area (Å²) in [5.74, 6) is -2.43. The molecule has 0 spiro atoms. The van der Waals surface area contributed by atoms with Gasteiger partial charge in [0, 0.05) is 18.4 Å². The topological polar surface area (TPSA) is 293 Å². The third kappa shape index (κ3) is 27.4. The molecule has 15 unspecified atom stereocenters. The fraction of sp³-hybridized carbons (Fsp3) is 0.880. The minimum absolute atomic E-state index is 0.0122. The molecule has 1 aliphatic rings. The van der Waals surface area contributed by atoms with E-state index in [4.69, 9.17) is 16.2 Å². The lowest BCUT2D eigenvalue weighted by molar-refractivity contribution is -0.167. The summed E-state index contributed by atoms with van der Waals surface area (Å²) in [6.07, 6.45) is 4.13. The molecule has 382 valence electrons. The molecule has 14 N–H and O–H groups in total. The third-order valence-electron chi connectivity index (χ3n) is 13.4. The van der Waals surface area contributed by atoms with E-state index in [1.807, 2.05) is 40.7 Å². The lowest BCUT2D eigenvalue weighted by Crippen LogP contribution is -2.42. The average molecular weight is 930 g/mol. The predicted molar refractivity (Wildman–Crippen MR) is 256 cm³/mol. The number of aliphatic imine (C=N–C) groups is 1. The number of aliphatic hydroxyl groups is 10. The van der Waals surface area contributed by atoms with Crippen molar-refractivity contribution < 1.29 is 60.6 Å². The van der Waals surface area contributed by atoms with E-state index < -0.39 is 84.9 Å². The van der Waals surface area contributed by atoms with Crippen LogP contribution in [0.4, 0.5) is 0 Å². The van der Waals surface area contributed by atoms with Gasteiger partial charge in [-0.3, -0.25) is 9.79 Å². The monoisotopic (exact) mass is 930 g/mol. The molecule has 0 fully saturated rings. The Bertz CT molecular complexity index is 1350. The second-order valence-corrected chi connectivity index (χ2v) is 19.8. The Kier molecular flexibility index (Phi) is 32.0. The number of nitrogens with two attached hydrogens (primary N) is 2. The van der Waals surface area contributed by atoms with Gasteiger partial charge in [0.25, 0.3) is 0 Å². The fourth-order valence-corrected chi connectivity index (χ4v) is 9.06. The molecule has 15 nitrogen and oxygen atoms in total. The quantitative estimate of drug-likeness (QED) is 0.0486. The Balaban J connectivity index is 3.25. The Morgan fingerprint density at radius 1 is 0.738 bits per heavy atom. The van der Waals surface area contributed by atoms with Gasteiger partial charge in [0.2, 0.25) is 0 Å². The van der Waals surface area contributed by atoms with Crippen molar-refractivity contribution in [2.45, 2.75) is 250 Å². The fourth-order valence-electron chi connectivity index (χ4n) is 9.06. The molecule has 0 saturated heterocycles. The number of nitrogens with zero attached hydrogens (tertiary/aromatic N) is 1. The third-order valence-corrected chi connectivity index (χ3v) is 13.4. The Morgan fingerprint density at radius 3 is 1.89 bits per heavy atom. The number of cyclic esters (lactones) is 1. The molecule has 1 aliphatic heterocycles. The molecule has 0 radical (unpaired) electrons. The molecule has 0 aromatic rings. The second-order valence-electron chi connectivity index (χ2n) is 19.8. The molecule has 0 aliphatic carbocycles. The zero-order chi connectivity index (χ0) is 49.1. The molecule has 0 bridgehead atoms. The molecular weight excluding hydrogens is 835 g/mol. The highest BCUT2D eigenvalue weighted by molar-refractivity contribution is 5.75. The number of hydrogen-bond acceptors (Lipinski definition) is 13. The standard InChI is InChI=1S/C50H95N3O12/c1-7-8-19-44-47(63)34(4)23-24-38(55)17-11-16-37(54)18-12-20-45(61)33(3)22-25-40(57)29-42(59)31-43(60)30-41(58)28-39(56)15-10-9-14-32(2)27-35(5)48(65-49(44)64)36(6)46(62)21-13-26-53-50(51)52/h22,27,34-48,54-63H,7-21,23-26,28-31H2,1-6H3,(H4,51,52,53)/b32-27+,33-22+. The van der Waals surface area contributed by atoms with Gasteiger partial charge < -0.3 is 67.3 Å². The van der Waals surface area contributed by atoms with Crippen LogP contribution in [-0.2, 0) is 9.53 Å². The van der Waals surface area contributed by atoms with Crippen LogP contribution < -0.4 is 11.5 Å². The highest BCUT2D eigenvalue weighted by Crippen LogP contribution is 2.31. The lowest BCUT2D eigenvalue weighted by atomic mass is 9.84. The summed E-state index contributed by atoms with van der Waals surface area (Å²) in [7, 11) is 0. The number of aliphatic hydroxyl groups excluding tert-OH is 10. The summed E-state index contributed by atoms with van der Waals surface area (Å²) in [4.78, 5) is 18.2. The molecule has 15 heteroatoms. The van der Waals surface area contributed by atoms with Gasteiger partial charge in [0.05, 0.1) is 67.0 Å². The molecule has 0 amide bonds. The van der Waals surface area contributed by atoms with Crippen LogP contribution in [0.1, 0.15) is 183 Å². The summed E-state index contributed by atoms with van der Waals surface area (Å²) in [5, 5.41) is 108. The van der Waals surface area contributed by atoms with Crippen molar-refractivity contribution in [2.75, 3.05) is 6.54 Å². The number of carbonyl (C=O) groups is 1. The van der Waals surface area contributed by atoms with Crippen molar-refractivity contribution in [1.82, 2.24) is 0 Å². The smallest absolute Gasteiger partial charge is 0.311 e. The van der Waals surface area contributed by atoms with E-state index in [0.717, 1.165) is 18.4 Å². The zero-order valence-electron chi connectivity index (χ0n) is 41.0. The molecule has 1 rings (SSSR count). The van der Waals surface area contributed by atoms with Crippen LogP contribution in [-0.4, -0.2) is 137 Å². The first-order chi connectivity index (χ1) is 30.6. The molecule has 0 aromatic carbocycles. The van der Waals surface area contributed by atoms with Crippen molar-refractivity contribution in [3.63, 3.8) is 0 Å². The molecule has 15 atom stereocenters. The van der Waals surface area contributed by atoms with Crippen LogP contribution in [0.3, 0.4) is 0 Å². The number of guanidine groups is 1. The highest BCUT2D eigenvalue weighted by atomic mass is 16.5. The number of hydrogen-bond donors (Lipinski definition) is 12. The van der Waals surface area contributed by atoms with Crippen LogP contribution in [0.5, 0.6) is 0 Å². The summed E-state index contributed by atoms with van der Waals surface area (Å²) < 4.78 is 6.33. The molecule has 1 heterocycles. The van der Waals surface area contributed by atoms with E-state index in [9.17, 15) is 55.9 Å². The van der Waals surface area contributed by atoms with Crippen molar-refractivity contribution >= 4 is 11.9 Å². The lowest BCUT2D eigenvalue weighted by Gasteiger charge is -2.34. The van der Waals surface area contributed by atoms with Crippen molar-refractivity contribution in [3.05, 3.63) is 23.3 Å². The SMILES string of the molecule is CCCCC1C(=O)OC(C(C)C(O)CCCN=C(N)N)C(C)/C=C(\C)CCCCC(O)CC(O)CC(O)CC(O)CC(O)C/C=C(\C)C(O)CCCC(O)CCCC(O)CCC(C)C1O. The number of allylic oxidation sites excluding steroid dienone is 1. The van der Waals surface area contributed by atoms with Gasteiger partial charge in [0.15, 0.2) is 5.96 Å². The second kappa shape index (κ2) is 34.2. The van der Waals surface area contributed by atoms with Crippen LogP contribution in [0.15, 0.2) is 28.3 Å². The molecular formula is C50H95N3O12. The summed E-state index contributed by atoms with van der Waals surface area (Å²) in [6.45, 7) is 11.8. The Morgan fingerprint density at radius 2 is 1.29 bits per heavy atom. The maximum absolute atomic E-state index is 14.2. The predicted octanol–water partition coefficient (Wildman–Crippen LogP) is 4.81. The van der Waals surface area contributed by atoms with Gasteiger partial charge in [0.1, 0.15) is 6.10 Å². The van der Waals surface area contributed by atoms with E-state index in [2.05, 4.69) is 4.99 Å². The summed E-state index contributed by atoms with van der Waals surface area (Å²) in [6, 6.07) is 0. The summed E-state index contributed by atoms with van der Waals surface area (Å²) >= 11 is 0. The van der Waals surface area contributed by atoms with Crippen LogP contribution in [0.25, 0.3) is 0 Å². The van der Waals surface area contributed by atoms with E-state index in [-0.39, 0.29) is 49.9 Å². The number of esters is 1. The number of carbonyl (C=O) groups excluding carboxylic acids is 1. The van der Waals surface area contributed by atoms with Gasteiger partial charge in [-0.2, -0.15) is 0 Å². The van der Waals surface area contributed by atoms with Gasteiger partial charge in [-0.05, 0) is 147 Å². The highest BCUT2D eigenvalue weighted by Gasteiger charge is 2.37. The van der Waals surface area contributed by atoms with Crippen LogP contribution in [0.2, 0.25) is 0 Å². The first-order valence-corrected chi connectivity index (χ1v) is 25.0. The largest absolute Gasteiger partial charge is 0.461 e. The Labute approximate surface area is 391 Å². The first kappa shape index (κ1) is 60.8. The minimum atomic E-state index is -1.03. The zero-order valence-corrected chi connectivity index (χ0v) is 41.0.